The molecule has 3 heteroatoms. The molecular weight excluding hydrogens is 275 g/mol. The van der Waals surface area contributed by atoms with E-state index in [1.54, 1.807) is 12.3 Å². The lowest BCUT2D eigenvalue weighted by Crippen LogP contribution is -1.88. The van der Waals surface area contributed by atoms with E-state index in [0.29, 0.717) is 5.52 Å². The van der Waals surface area contributed by atoms with E-state index in [9.17, 15) is 4.39 Å². The highest BCUT2D eigenvalue weighted by atomic mass is 19.1. The summed E-state index contributed by atoms with van der Waals surface area (Å²) >= 11 is 0. The maximum Gasteiger partial charge on any atom is 0.149 e. The van der Waals surface area contributed by atoms with Crippen molar-refractivity contribution in [1.82, 2.24) is 9.97 Å². The molecule has 0 saturated heterocycles. The maximum absolute atomic E-state index is 14.0. The van der Waals surface area contributed by atoms with Crippen molar-refractivity contribution in [2.24, 2.45) is 0 Å². The Balaban J connectivity index is 2.14. The molecule has 0 radical (unpaired) electrons. The molecule has 0 aliphatic carbocycles. The number of nitrogens with zero attached hydrogens (tertiary/aromatic N) is 1. The summed E-state index contributed by atoms with van der Waals surface area (Å²) in [4.78, 5) is 7.61. The van der Waals surface area contributed by atoms with Gasteiger partial charge in [0.25, 0.3) is 0 Å². The molecular formula is C19H15FN2. The molecule has 2 aromatic carbocycles. The quantitative estimate of drug-likeness (QED) is 0.516. The van der Waals surface area contributed by atoms with Crippen LogP contribution in [0.3, 0.4) is 0 Å². The predicted molar refractivity (Wildman–Crippen MR) is 88.5 cm³/mol. The summed E-state index contributed by atoms with van der Waals surface area (Å²) in [6, 6.07) is 13.4. The fourth-order valence-electron chi connectivity index (χ4n) is 3.15. The number of hydrogen-bond donors (Lipinski definition) is 1. The summed E-state index contributed by atoms with van der Waals surface area (Å²) < 4.78 is 14.0. The molecule has 0 bridgehead atoms. The van der Waals surface area contributed by atoms with Crippen molar-refractivity contribution in [3.63, 3.8) is 0 Å². The lowest BCUT2D eigenvalue weighted by atomic mass is 9.98. The predicted octanol–water partition coefficient (Wildman–Crippen LogP) is 5.14. The van der Waals surface area contributed by atoms with Gasteiger partial charge >= 0.3 is 0 Å². The van der Waals surface area contributed by atoms with Gasteiger partial charge in [0.1, 0.15) is 11.3 Å². The van der Waals surface area contributed by atoms with Crippen LogP contribution in [0.25, 0.3) is 32.9 Å². The van der Waals surface area contributed by atoms with Gasteiger partial charge < -0.3 is 4.98 Å². The standard InChI is InChI=1S/C19H15FN2/c1-11-6-7-17-15(10-11)18(12(2)22-17)13-8-9-21-19-14(13)4-3-5-16(19)20/h3-10,22H,1-2H3. The number of rotatable bonds is 1. The van der Waals surface area contributed by atoms with Gasteiger partial charge in [-0.05, 0) is 43.7 Å². The summed E-state index contributed by atoms with van der Waals surface area (Å²) in [6.07, 6.45) is 1.68. The third kappa shape index (κ3) is 1.82. The number of fused-ring (bicyclic) bond motifs is 2. The molecule has 2 heterocycles. The molecule has 1 N–H and O–H groups in total. The van der Waals surface area contributed by atoms with E-state index in [4.69, 9.17) is 0 Å². The van der Waals surface area contributed by atoms with Crippen molar-refractivity contribution in [2.45, 2.75) is 13.8 Å². The van der Waals surface area contributed by atoms with E-state index in [-0.39, 0.29) is 5.82 Å². The van der Waals surface area contributed by atoms with E-state index < -0.39 is 0 Å². The van der Waals surface area contributed by atoms with Crippen molar-refractivity contribution < 1.29 is 4.39 Å². The Bertz CT molecular complexity index is 1010. The first-order valence-corrected chi connectivity index (χ1v) is 7.27. The third-order valence-electron chi connectivity index (χ3n) is 4.13. The van der Waals surface area contributed by atoms with Crippen LogP contribution in [-0.4, -0.2) is 9.97 Å². The Hall–Kier alpha value is -2.68. The minimum atomic E-state index is -0.284. The molecule has 0 aliphatic heterocycles. The van der Waals surface area contributed by atoms with Crippen LogP contribution < -0.4 is 0 Å². The number of nitrogens with one attached hydrogen (secondary N) is 1. The summed E-state index contributed by atoms with van der Waals surface area (Å²) in [5.74, 6) is -0.284. The van der Waals surface area contributed by atoms with Gasteiger partial charge in [0, 0.05) is 33.7 Å². The van der Waals surface area contributed by atoms with Crippen LogP contribution in [0.5, 0.6) is 0 Å². The van der Waals surface area contributed by atoms with Gasteiger partial charge in [-0.25, -0.2) is 4.39 Å². The summed E-state index contributed by atoms with van der Waals surface area (Å²) in [6.45, 7) is 4.13. The third-order valence-corrected chi connectivity index (χ3v) is 4.13. The van der Waals surface area contributed by atoms with Crippen LogP contribution in [-0.2, 0) is 0 Å². The number of hydrogen-bond acceptors (Lipinski definition) is 1. The highest BCUT2D eigenvalue weighted by molar-refractivity contribution is 6.05. The Labute approximate surface area is 127 Å². The fraction of sp³-hybridized carbons (Fsp3) is 0.105. The Morgan fingerprint density at radius 2 is 1.86 bits per heavy atom. The van der Waals surface area contributed by atoms with Crippen molar-refractivity contribution in [1.29, 1.82) is 0 Å². The van der Waals surface area contributed by atoms with Crippen LogP contribution in [0.4, 0.5) is 4.39 Å². The molecule has 4 rings (SSSR count). The molecule has 2 aromatic heterocycles. The number of aryl methyl sites for hydroxylation is 2. The zero-order valence-electron chi connectivity index (χ0n) is 12.4. The molecule has 22 heavy (non-hydrogen) atoms. The first-order valence-electron chi connectivity index (χ1n) is 7.27. The second kappa shape index (κ2) is 4.67. The highest BCUT2D eigenvalue weighted by Gasteiger charge is 2.14. The molecule has 0 spiro atoms. The second-order valence-corrected chi connectivity index (χ2v) is 5.67. The highest BCUT2D eigenvalue weighted by Crippen LogP contribution is 2.36. The zero-order valence-corrected chi connectivity index (χ0v) is 12.4. The van der Waals surface area contributed by atoms with Crippen LogP contribution in [0.1, 0.15) is 11.3 Å². The first-order chi connectivity index (χ1) is 10.6. The molecule has 2 nitrogen and oxygen atoms in total. The van der Waals surface area contributed by atoms with Gasteiger partial charge in [0.05, 0.1) is 0 Å². The monoisotopic (exact) mass is 290 g/mol. The summed E-state index contributed by atoms with van der Waals surface area (Å²) in [7, 11) is 0. The molecule has 0 fully saturated rings. The van der Waals surface area contributed by atoms with Crippen LogP contribution in [0.15, 0.2) is 48.7 Å². The normalized spacial score (nSPS) is 11.4. The number of H-pyrrole nitrogens is 1. The average Bonchev–Trinajstić information content (AvgIpc) is 2.82. The molecule has 0 saturated carbocycles. The van der Waals surface area contributed by atoms with E-state index in [0.717, 1.165) is 33.1 Å². The van der Waals surface area contributed by atoms with Crippen molar-refractivity contribution >= 4 is 21.8 Å². The first kappa shape index (κ1) is 13.0. The summed E-state index contributed by atoms with van der Waals surface area (Å²) in [5.41, 5.74) is 5.94. The molecule has 0 atom stereocenters. The molecule has 108 valence electrons. The zero-order chi connectivity index (χ0) is 15.3. The van der Waals surface area contributed by atoms with Gasteiger partial charge in [0.15, 0.2) is 0 Å². The average molecular weight is 290 g/mol. The minimum absolute atomic E-state index is 0.284. The smallest absolute Gasteiger partial charge is 0.149 e. The maximum atomic E-state index is 14.0. The lowest BCUT2D eigenvalue weighted by molar-refractivity contribution is 0.637. The Morgan fingerprint density at radius 3 is 2.73 bits per heavy atom. The summed E-state index contributed by atoms with van der Waals surface area (Å²) in [5, 5.41) is 2.00. The largest absolute Gasteiger partial charge is 0.358 e. The van der Waals surface area contributed by atoms with Gasteiger partial charge in [-0.3, -0.25) is 4.98 Å². The van der Waals surface area contributed by atoms with Crippen LogP contribution >= 0.6 is 0 Å². The van der Waals surface area contributed by atoms with E-state index in [1.165, 1.54) is 11.6 Å². The van der Waals surface area contributed by atoms with Crippen molar-refractivity contribution in [3.05, 3.63) is 65.7 Å². The van der Waals surface area contributed by atoms with E-state index in [2.05, 4.69) is 42.0 Å². The fourth-order valence-corrected chi connectivity index (χ4v) is 3.15. The van der Waals surface area contributed by atoms with Crippen molar-refractivity contribution in [3.8, 4) is 11.1 Å². The molecule has 0 amide bonds. The number of aromatic amines is 1. The van der Waals surface area contributed by atoms with Crippen LogP contribution in [0.2, 0.25) is 0 Å². The number of aromatic nitrogens is 2. The van der Waals surface area contributed by atoms with E-state index in [1.807, 2.05) is 12.1 Å². The van der Waals surface area contributed by atoms with Gasteiger partial charge in [-0.2, -0.15) is 0 Å². The SMILES string of the molecule is Cc1ccc2[nH]c(C)c(-c3ccnc4c(F)cccc34)c2c1. The van der Waals surface area contributed by atoms with E-state index >= 15 is 0 Å². The number of para-hydroxylation sites is 1. The minimum Gasteiger partial charge on any atom is -0.358 e. The molecule has 0 unspecified atom stereocenters. The number of benzene rings is 2. The molecule has 4 aromatic rings. The lowest BCUT2D eigenvalue weighted by Gasteiger charge is -2.07. The van der Waals surface area contributed by atoms with Crippen molar-refractivity contribution in [2.75, 3.05) is 0 Å². The number of halogens is 1. The Morgan fingerprint density at radius 1 is 1.00 bits per heavy atom. The van der Waals surface area contributed by atoms with Gasteiger partial charge in [-0.15, -0.1) is 0 Å². The number of pyridine rings is 1. The van der Waals surface area contributed by atoms with Crippen LogP contribution in [0, 0.1) is 19.7 Å². The second-order valence-electron chi connectivity index (χ2n) is 5.67. The van der Waals surface area contributed by atoms with Gasteiger partial charge in [0.2, 0.25) is 0 Å². The Kier molecular flexibility index (Phi) is 2.76. The topological polar surface area (TPSA) is 28.7 Å². The molecule has 0 aliphatic rings. The van der Waals surface area contributed by atoms with Gasteiger partial charge in [-0.1, -0.05) is 23.8 Å².